The molecule has 3 N–H and O–H groups in total. The van der Waals surface area contributed by atoms with E-state index in [2.05, 4.69) is 10.3 Å². The monoisotopic (exact) mass is 247 g/mol. The zero-order chi connectivity index (χ0) is 13.1. The zero-order valence-corrected chi connectivity index (χ0v) is 10.2. The zero-order valence-electron chi connectivity index (χ0n) is 10.2. The molecule has 0 aliphatic rings. The number of nitrogens with zero attached hydrogens (tertiary/aromatic N) is 1. The van der Waals surface area contributed by atoms with Gasteiger partial charge in [0, 0.05) is 11.8 Å². The molecule has 0 aliphatic heterocycles. The Morgan fingerprint density at radius 1 is 1.28 bits per heavy atom. The SMILES string of the molecule is COc1ccc(N)c(Nc2ccc(F)cc2C)n1. The Balaban J connectivity index is 2.33. The van der Waals surface area contributed by atoms with Crippen LogP contribution in [-0.4, -0.2) is 12.1 Å². The van der Waals surface area contributed by atoms with Crippen LogP contribution >= 0.6 is 0 Å². The molecule has 0 saturated heterocycles. The molecule has 0 fully saturated rings. The van der Waals surface area contributed by atoms with Crippen LogP contribution in [0.25, 0.3) is 0 Å². The van der Waals surface area contributed by atoms with Gasteiger partial charge in [-0.1, -0.05) is 0 Å². The maximum atomic E-state index is 13.0. The number of nitrogen functional groups attached to an aromatic ring is 1. The van der Waals surface area contributed by atoms with Crippen molar-refractivity contribution in [2.24, 2.45) is 0 Å². The van der Waals surface area contributed by atoms with Crippen molar-refractivity contribution in [3.63, 3.8) is 0 Å². The highest BCUT2D eigenvalue weighted by atomic mass is 19.1. The van der Waals surface area contributed by atoms with Gasteiger partial charge in [-0.05, 0) is 36.8 Å². The third-order valence-corrected chi connectivity index (χ3v) is 2.55. The Bertz CT molecular complexity index is 572. The van der Waals surface area contributed by atoms with E-state index in [0.717, 1.165) is 11.3 Å². The second-order valence-corrected chi connectivity index (χ2v) is 3.88. The Kier molecular flexibility index (Phi) is 3.32. The Morgan fingerprint density at radius 2 is 2.06 bits per heavy atom. The molecular weight excluding hydrogens is 233 g/mol. The molecule has 1 aromatic heterocycles. The molecule has 2 rings (SSSR count). The van der Waals surface area contributed by atoms with Crippen molar-refractivity contribution >= 4 is 17.2 Å². The molecular formula is C13H14FN3O. The number of rotatable bonds is 3. The fourth-order valence-electron chi connectivity index (χ4n) is 1.56. The number of benzene rings is 1. The first kappa shape index (κ1) is 12.2. The van der Waals surface area contributed by atoms with Gasteiger partial charge in [-0.25, -0.2) is 4.39 Å². The van der Waals surface area contributed by atoms with E-state index in [4.69, 9.17) is 10.5 Å². The number of methoxy groups -OCH3 is 1. The minimum atomic E-state index is -0.273. The average Bonchev–Trinajstić information content (AvgIpc) is 2.35. The normalized spacial score (nSPS) is 10.2. The van der Waals surface area contributed by atoms with Crippen LogP contribution in [0.15, 0.2) is 30.3 Å². The number of nitrogens with two attached hydrogens (primary N) is 1. The lowest BCUT2D eigenvalue weighted by molar-refractivity contribution is 0.398. The summed E-state index contributed by atoms with van der Waals surface area (Å²) >= 11 is 0. The quantitative estimate of drug-likeness (QED) is 0.875. The summed E-state index contributed by atoms with van der Waals surface area (Å²) in [5, 5.41) is 3.06. The molecule has 2 aromatic rings. The molecule has 0 amide bonds. The molecule has 18 heavy (non-hydrogen) atoms. The van der Waals surface area contributed by atoms with Crippen molar-refractivity contribution in [3.8, 4) is 5.88 Å². The summed E-state index contributed by atoms with van der Waals surface area (Å²) < 4.78 is 18.0. The molecule has 1 aromatic carbocycles. The summed E-state index contributed by atoms with van der Waals surface area (Å²) in [5.41, 5.74) is 7.85. The lowest BCUT2D eigenvalue weighted by atomic mass is 10.2. The van der Waals surface area contributed by atoms with E-state index in [0.29, 0.717) is 17.4 Å². The number of aryl methyl sites for hydroxylation is 1. The van der Waals surface area contributed by atoms with E-state index in [1.165, 1.54) is 19.2 Å². The highest BCUT2D eigenvalue weighted by molar-refractivity contribution is 5.70. The van der Waals surface area contributed by atoms with Crippen LogP contribution in [0.2, 0.25) is 0 Å². The number of nitrogens with one attached hydrogen (secondary N) is 1. The lowest BCUT2D eigenvalue weighted by Crippen LogP contribution is -2.01. The summed E-state index contributed by atoms with van der Waals surface area (Å²) in [7, 11) is 1.53. The fourth-order valence-corrected chi connectivity index (χ4v) is 1.56. The third-order valence-electron chi connectivity index (χ3n) is 2.55. The van der Waals surface area contributed by atoms with Gasteiger partial charge in [0.05, 0.1) is 12.8 Å². The van der Waals surface area contributed by atoms with Crippen LogP contribution in [0.3, 0.4) is 0 Å². The molecule has 0 aliphatic carbocycles. The molecule has 4 nitrogen and oxygen atoms in total. The highest BCUT2D eigenvalue weighted by Gasteiger charge is 2.06. The van der Waals surface area contributed by atoms with E-state index < -0.39 is 0 Å². The molecule has 0 radical (unpaired) electrons. The Morgan fingerprint density at radius 3 is 2.72 bits per heavy atom. The molecule has 5 heteroatoms. The van der Waals surface area contributed by atoms with Crippen LogP contribution in [-0.2, 0) is 0 Å². The first-order valence-corrected chi connectivity index (χ1v) is 5.44. The number of ether oxygens (including phenoxy) is 1. The Labute approximate surface area is 105 Å². The fraction of sp³-hybridized carbons (Fsp3) is 0.154. The maximum absolute atomic E-state index is 13.0. The third kappa shape index (κ3) is 2.51. The molecule has 0 bridgehead atoms. The first-order valence-electron chi connectivity index (χ1n) is 5.44. The minimum Gasteiger partial charge on any atom is -0.481 e. The van der Waals surface area contributed by atoms with E-state index >= 15 is 0 Å². The maximum Gasteiger partial charge on any atom is 0.215 e. The number of pyridine rings is 1. The van der Waals surface area contributed by atoms with E-state index in [1.54, 1.807) is 18.2 Å². The predicted molar refractivity (Wildman–Crippen MR) is 69.6 cm³/mol. The topological polar surface area (TPSA) is 60.2 Å². The molecule has 94 valence electrons. The van der Waals surface area contributed by atoms with E-state index in [9.17, 15) is 4.39 Å². The van der Waals surface area contributed by atoms with Crippen molar-refractivity contribution in [2.45, 2.75) is 6.92 Å². The number of anilines is 3. The molecule has 1 heterocycles. The second kappa shape index (κ2) is 4.91. The summed E-state index contributed by atoms with van der Waals surface area (Å²) in [6, 6.07) is 7.85. The summed E-state index contributed by atoms with van der Waals surface area (Å²) in [5.74, 6) is 0.681. The van der Waals surface area contributed by atoms with Gasteiger partial charge in [-0.2, -0.15) is 4.98 Å². The standard InChI is InChI=1S/C13H14FN3O/c1-8-7-9(14)3-5-11(8)16-13-10(15)4-6-12(17-13)18-2/h3-7H,15H2,1-2H3,(H,16,17). The summed E-state index contributed by atoms with van der Waals surface area (Å²) in [6.45, 7) is 1.81. The van der Waals surface area contributed by atoms with Gasteiger partial charge in [0.2, 0.25) is 5.88 Å². The largest absolute Gasteiger partial charge is 0.481 e. The van der Waals surface area contributed by atoms with E-state index in [1.807, 2.05) is 6.92 Å². The van der Waals surface area contributed by atoms with Gasteiger partial charge < -0.3 is 15.8 Å². The molecule has 0 saturated carbocycles. The molecule has 0 spiro atoms. The van der Waals surface area contributed by atoms with Gasteiger partial charge in [-0.3, -0.25) is 0 Å². The molecule has 0 atom stereocenters. The van der Waals surface area contributed by atoms with Gasteiger partial charge in [0.1, 0.15) is 5.82 Å². The van der Waals surface area contributed by atoms with Crippen LogP contribution < -0.4 is 15.8 Å². The second-order valence-electron chi connectivity index (χ2n) is 3.88. The smallest absolute Gasteiger partial charge is 0.215 e. The van der Waals surface area contributed by atoms with Crippen LogP contribution in [0.5, 0.6) is 5.88 Å². The van der Waals surface area contributed by atoms with E-state index in [-0.39, 0.29) is 5.82 Å². The van der Waals surface area contributed by atoms with Gasteiger partial charge in [-0.15, -0.1) is 0 Å². The number of hydrogen-bond donors (Lipinski definition) is 2. The van der Waals surface area contributed by atoms with Crippen molar-refractivity contribution in [1.82, 2.24) is 4.98 Å². The number of aromatic nitrogens is 1. The number of hydrogen-bond acceptors (Lipinski definition) is 4. The number of halogens is 1. The summed E-state index contributed by atoms with van der Waals surface area (Å²) in [4.78, 5) is 4.20. The van der Waals surface area contributed by atoms with Crippen molar-refractivity contribution < 1.29 is 9.13 Å². The van der Waals surface area contributed by atoms with Gasteiger partial charge >= 0.3 is 0 Å². The summed E-state index contributed by atoms with van der Waals surface area (Å²) in [6.07, 6.45) is 0. The van der Waals surface area contributed by atoms with Crippen molar-refractivity contribution in [1.29, 1.82) is 0 Å². The highest BCUT2D eigenvalue weighted by Crippen LogP contribution is 2.25. The molecule has 0 unspecified atom stereocenters. The van der Waals surface area contributed by atoms with Gasteiger partial charge in [0.15, 0.2) is 5.82 Å². The van der Waals surface area contributed by atoms with Crippen LogP contribution in [0, 0.1) is 12.7 Å². The van der Waals surface area contributed by atoms with Gasteiger partial charge in [0.25, 0.3) is 0 Å². The van der Waals surface area contributed by atoms with Crippen molar-refractivity contribution in [2.75, 3.05) is 18.2 Å². The van der Waals surface area contributed by atoms with Crippen molar-refractivity contribution in [3.05, 3.63) is 41.7 Å². The minimum absolute atomic E-state index is 0.273. The van der Waals surface area contributed by atoms with Crippen LogP contribution in [0.4, 0.5) is 21.6 Å². The average molecular weight is 247 g/mol. The predicted octanol–water partition coefficient (Wildman–Crippen LogP) is 2.86. The Hall–Kier alpha value is -2.30. The first-order chi connectivity index (χ1) is 8.60. The lowest BCUT2D eigenvalue weighted by Gasteiger charge is -2.11. The van der Waals surface area contributed by atoms with Crippen LogP contribution in [0.1, 0.15) is 5.56 Å².